The van der Waals surface area contributed by atoms with Crippen molar-refractivity contribution in [2.75, 3.05) is 43.8 Å². The summed E-state index contributed by atoms with van der Waals surface area (Å²) in [5, 5.41) is 3.28. The highest BCUT2D eigenvalue weighted by molar-refractivity contribution is 5.66. The maximum absolute atomic E-state index is 6.02. The average molecular weight is 279 g/mol. The molecule has 20 heavy (non-hydrogen) atoms. The summed E-state index contributed by atoms with van der Waals surface area (Å²) >= 11 is 0. The van der Waals surface area contributed by atoms with E-state index in [1.54, 1.807) is 0 Å². The molecule has 1 fully saturated rings. The van der Waals surface area contributed by atoms with Gasteiger partial charge in [-0.05, 0) is 32.4 Å². The zero-order valence-corrected chi connectivity index (χ0v) is 12.3. The summed E-state index contributed by atoms with van der Waals surface area (Å²) in [6, 6.07) is 0. The molecule has 0 spiro atoms. The number of hydrogen-bond acceptors (Lipinski definition) is 6. The summed E-state index contributed by atoms with van der Waals surface area (Å²) in [5.41, 5.74) is 6.52. The molecule has 0 amide bonds. The van der Waals surface area contributed by atoms with E-state index in [0.717, 1.165) is 19.5 Å². The lowest BCUT2D eigenvalue weighted by molar-refractivity contribution is 0.237. The Bertz CT molecular complexity index is 407. The first-order chi connectivity index (χ1) is 9.81. The molecule has 6 nitrogen and oxygen atoms in total. The number of nitrogens with one attached hydrogen (secondary N) is 1. The Morgan fingerprint density at radius 2 is 2.10 bits per heavy atom. The van der Waals surface area contributed by atoms with E-state index < -0.39 is 0 Å². The molecule has 0 radical (unpaired) electrons. The fraction of sp³-hybridized carbons (Fsp3) is 0.714. The minimum Gasteiger partial charge on any atom is -0.476 e. The molecule has 6 heteroatoms. The highest BCUT2D eigenvalue weighted by Crippen LogP contribution is 2.24. The highest BCUT2D eigenvalue weighted by atomic mass is 16.5. The van der Waals surface area contributed by atoms with Crippen LogP contribution >= 0.6 is 0 Å². The van der Waals surface area contributed by atoms with Crippen molar-refractivity contribution in [1.29, 1.82) is 0 Å². The molecule has 2 rings (SSSR count). The fourth-order valence-electron chi connectivity index (χ4n) is 2.35. The Morgan fingerprint density at radius 3 is 2.85 bits per heavy atom. The molecule has 0 atom stereocenters. The van der Waals surface area contributed by atoms with Crippen LogP contribution in [0.5, 0.6) is 5.88 Å². The van der Waals surface area contributed by atoms with Crippen LogP contribution in [0.15, 0.2) is 6.33 Å². The molecular formula is C14H25N5O. The van der Waals surface area contributed by atoms with Crippen molar-refractivity contribution in [1.82, 2.24) is 14.9 Å². The van der Waals surface area contributed by atoms with Gasteiger partial charge in [0.1, 0.15) is 12.0 Å². The molecule has 0 unspecified atom stereocenters. The molecule has 1 aromatic heterocycles. The zero-order valence-electron chi connectivity index (χ0n) is 12.3. The summed E-state index contributed by atoms with van der Waals surface area (Å²) in [7, 11) is 0. The van der Waals surface area contributed by atoms with Gasteiger partial charge in [-0.3, -0.25) is 0 Å². The van der Waals surface area contributed by atoms with Gasteiger partial charge in [-0.15, -0.1) is 0 Å². The Hall–Kier alpha value is -1.56. The lowest BCUT2D eigenvalue weighted by Gasteiger charge is -2.26. The summed E-state index contributed by atoms with van der Waals surface area (Å²) in [5.74, 6) is 1.14. The van der Waals surface area contributed by atoms with Gasteiger partial charge < -0.3 is 20.7 Å². The Labute approximate surface area is 120 Å². The largest absolute Gasteiger partial charge is 0.476 e. The number of nitrogens with two attached hydrogens (primary N) is 1. The number of aromatic nitrogens is 2. The van der Waals surface area contributed by atoms with Crippen LogP contribution < -0.4 is 15.8 Å². The van der Waals surface area contributed by atoms with Gasteiger partial charge in [0.25, 0.3) is 0 Å². The van der Waals surface area contributed by atoms with Gasteiger partial charge in [0.05, 0.1) is 6.61 Å². The molecule has 1 saturated heterocycles. The fourth-order valence-corrected chi connectivity index (χ4v) is 2.35. The van der Waals surface area contributed by atoms with E-state index in [1.807, 2.05) is 0 Å². The molecule has 0 aromatic carbocycles. The van der Waals surface area contributed by atoms with Crippen molar-refractivity contribution in [3.63, 3.8) is 0 Å². The number of hydrogen-bond donors (Lipinski definition) is 2. The van der Waals surface area contributed by atoms with Gasteiger partial charge in [0.15, 0.2) is 5.82 Å². The molecule has 0 saturated carbocycles. The third-order valence-electron chi connectivity index (χ3n) is 3.46. The monoisotopic (exact) mass is 279 g/mol. The molecule has 2 heterocycles. The number of rotatable bonds is 7. The van der Waals surface area contributed by atoms with Gasteiger partial charge in [-0.1, -0.05) is 13.3 Å². The van der Waals surface area contributed by atoms with E-state index in [-0.39, 0.29) is 0 Å². The van der Waals surface area contributed by atoms with Crippen LogP contribution in [-0.4, -0.2) is 47.7 Å². The second-order valence-corrected chi connectivity index (χ2v) is 5.12. The number of likely N-dealkylation sites (tertiary alicyclic amines) is 1. The van der Waals surface area contributed by atoms with Crippen molar-refractivity contribution in [3.05, 3.63) is 6.33 Å². The second-order valence-electron chi connectivity index (χ2n) is 5.12. The number of ether oxygens (including phenoxy) is 1. The highest BCUT2D eigenvalue weighted by Gasteiger charge is 2.11. The molecule has 1 aliphatic rings. The Kier molecular flexibility index (Phi) is 5.86. The number of nitrogen functional groups attached to an aromatic ring is 1. The summed E-state index contributed by atoms with van der Waals surface area (Å²) in [6.45, 7) is 6.93. The molecule has 1 aromatic rings. The smallest absolute Gasteiger partial charge is 0.242 e. The summed E-state index contributed by atoms with van der Waals surface area (Å²) < 4.78 is 5.50. The van der Waals surface area contributed by atoms with E-state index in [0.29, 0.717) is 24.0 Å². The van der Waals surface area contributed by atoms with Crippen LogP contribution in [0.25, 0.3) is 0 Å². The quantitative estimate of drug-likeness (QED) is 0.792. The van der Waals surface area contributed by atoms with E-state index >= 15 is 0 Å². The predicted octanol–water partition coefficient (Wildman–Crippen LogP) is 1.75. The van der Waals surface area contributed by atoms with E-state index in [9.17, 15) is 0 Å². The van der Waals surface area contributed by atoms with E-state index in [2.05, 4.69) is 27.1 Å². The third kappa shape index (κ3) is 4.23. The van der Waals surface area contributed by atoms with E-state index in [4.69, 9.17) is 10.5 Å². The van der Waals surface area contributed by atoms with Crippen LogP contribution in [0, 0.1) is 0 Å². The van der Waals surface area contributed by atoms with Gasteiger partial charge in [0.2, 0.25) is 5.88 Å². The predicted molar refractivity (Wildman–Crippen MR) is 81.0 cm³/mol. The lowest BCUT2D eigenvalue weighted by Crippen LogP contribution is -2.33. The first kappa shape index (κ1) is 14.8. The standard InChI is InChI=1S/C14H25N5O/c1-2-10-20-14-12(15)13(17-11-18-14)16-6-9-19-7-4-3-5-8-19/h11H,2-10,15H2,1H3,(H,16,17,18). The van der Waals surface area contributed by atoms with Crippen LogP contribution in [-0.2, 0) is 0 Å². The topological polar surface area (TPSA) is 76.3 Å². The van der Waals surface area contributed by atoms with Gasteiger partial charge in [-0.2, -0.15) is 4.98 Å². The molecule has 3 N–H and O–H groups in total. The van der Waals surface area contributed by atoms with E-state index in [1.165, 1.54) is 38.7 Å². The SMILES string of the molecule is CCCOc1ncnc(NCCN2CCCCC2)c1N. The molecule has 0 bridgehead atoms. The minimum atomic E-state index is 0.474. The Balaban J connectivity index is 1.82. The maximum atomic E-state index is 6.02. The van der Waals surface area contributed by atoms with Crippen molar-refractivity contribution in [2.24, 2.45) is 0 Å². The first-order valence-corrected chi connectivity index (χ1v) is 7.50. The van der Waals surface area contributed by atoms with Crippen LogP contribution in [0.1, 0.15) is 32.6 Å². The van der Waals surface area contributed by atoms with Gasteiger partial charge >= 0.3 is 0 Å². The molecular weight excluding hydrogens is 254 g/mol. The normalized spacial score (nSPS) is 16.1. The summed E-state index contributed by atoms with van der Waals surface area (Å²) in [4.78, 5) is 10.7. The molecule has 1 aliphatic heterocycles. The number of nitrogens with zero attached hydrogens (tertiary/aromatic N) is 3. The molecule has 112 valence electrons. The lowest BCUT2D eigenvalue weighted by atomic mass is 10.1. The zero-order chi connectivity index (χ0) is 14.2. The third-order valence-corrected chi connectivity index (χ3v) is 3.46. The minimum absolute atomic E-state index is 0.474. The summed E-state index contributed by atoms with van der Waals surface area (Å²) in [6.07, 6.45) is 6.40. The number of piperidine rings is 1. The van der Waals surface area contributed by atoms with Gasteiger partial charge in [-0.25, -0.2) is 4.98 Å². The van der Waals surface area contributed by atoms with Gasteiger partial charge in [0, 0.05) is 13.1 Å². The van der Waals surface area contributed by atoms with Crippen molar-refractivity contribution >= 4 is 11.5 Å². The maximum Gasteiger partial charge on any atom is 0.242 e. The van der Waals surface area contributed by atoms with Crippen molar-refractivity contribution in [2.45, 2.75) is 32.6 Å². The first-order valence-electron chi connectivity index (χ1n) is 7.50. The average Bonchev–Trinajstić information content (AvgIpc) is 2.49. The van der Waals surface area contributed by atoms with Crippen molar-refractivity contribution < 1.29 is 4.74 Å². The van der Waals surface area contributed by atoms with Crippen LogP contribution in [0.4, 0.5) is 11.5 Å². The number of anilines is 2. The van der Waals surface area contributed by atoms with Crippen LogP contribution in [0.2, 0.25) is 0 Å². The van der Waals surface area contributed by atoms with Crippen LogP contribution in [0.3, 0.4) is 0 Å². The Morgan fingerprint density at radius 1 is 1.30 bits per heavy atom. The molecule has 0 aliphatic carbocycles. The van der Waals surface area contributed by atoms with Crippen molar-refractivity contribution in [3.8, 4) is 5.88 Å². The second kappa shape index (κ2) is 7.89.